The zero-order valence-corrected chi connectivity index (χ0v) is 11.5. The summed E-state index contributed by atoms with van der Waals surface area (Å²) in [5.41, 5.74) is 0.0834. The van der Waals surface area contributed by atoms with Gasteiger partial charge in [0.2, 0.25) is 11.8 Å². The van der Waals surface area contributed by atoms with E-state index in [2.05, 4.69) is 15.3 Å². The average molecular weight is 283 g/mol. The molecule has 0 spiro atoms. The van der Waals surface area contributed by atoms with Gasteiger partial charge in [-0.1, -0.05) is 6.92 Å². The number of carboxylic acids is 1. The molecule has 8 heteroatoms. The first kappa shape index (κ1) is 15.7. The van der Waals surface area contributed by atoms with E-state index in [1.807, 2.05) is 0 Å². The van der Waals surface area contributed by atoms with Crippen molar-refractivity contribution in [1.29, 1.82) is 0 Å². The Balaban J connectivity index is 2.79. The highest BCUT2D eigenvalue weighted by Gasteiger charge is 2.21. The van der Waals surface area contributed by atoms with Crippen LogP contribution in [0.15, 0.2) is 6.33 Å². The second-order valence-electron chi connectivity index (χ2n) is 4.18. The number of hydrogen-bond donors (Lipinski definition) is 2. The minimum atomic E-state index is -0.912. The lowest BCUT2D eigenvalue weighted by atomic mass is 10.1. The van der Waals surface area contributed by atoms with Crippen molar-refractivity contribution in [2.24, 2.45) is 5.92 Å². The third-order valence-electron chi connectivity index (χ3n) is 2.53. The summed E-state index contributed by atoms with van der Waals surface area (Å²) in [7, 11) is 2.76. The molecule has 0 fully saturated rings. The molecule has 1 unspecified atom stereocenters. The van der Waals surface area contributed by atoms with Gasteiger partial charge in [-0.2, -0.15) is 0 Å². The van der Waals surface area contributed by atoms with Crippen molar-refractivity contribution < 1.29 is 24.2 Å². The summed E-state index contributed by atoms with van der Waals surface area (Å²) in [4.78, 5) is 30.3. The smallest absolute Gasteiger partial charge is 0.303 e. The molecule has 0 aliphatic carbocycles. The number of methoxy groups -OCH3 is 2. The number of ether oxygens (including phenoxy) is 2. The molecule has 0 radical (unpaired) electrons. The van der Waals surface area contributed by atoms with Gasteiger partial charge in [-0.05, 0) is 5.92 Å². The zero-order chi connectivity index (χ0) is 15.1. The summed E-state index contributed by atoms with van der Waals surface area (Å²) in [6, 6.07) is 0. The summed E-state index contributed by atoms with van der Waals surface area (Å²) >= 11 is 0. The van der Waals surface area contributed by atoms with E-state index in [1.165, 1.54) is 20.5 Å². The standard InChI is InChI=1S/C12H17N3O5/c1-7(4-8(16)17)5-13-10(18)9-11(19-2)14-6-15-12(9)20-3/h6-7H,4-5H2,1-3H3,(H,13,18)(H,16,17). The fourth-order valence-corrected chi connectivity index (χ4v) is 1.58. The van der Waals surface area contributed by atoms with Crippen LogP contribution in [0.4, 0.5) is 0 Å². The summed E-state index contributed by atoms with van der Waals surface area (Å²) < 4.78 is 9.99. The zero-order valence-electron chi connectivity index (χ0n) is 11.5. The normalized spacial score (nSPS) is 11.6. The SMILES string of the molecule is COc1ncnc(OC)c1C(=O)NCC(C)CC(=O)O. The Morgan fingerprint density at radius 3 is 2.30 bits per heavy atom. The van der Waals surface area contributed by atoms with Crippen molar-refractivity contribution >= 4 is 11.9 Å². The first-order valence-corrected chi connectivity index (χ1v) is 5.92. The predicted octanol–water partition coefficient (Wildman–Crippen LogP) is 0.334. The van der Waals surface area contributed by atoms with Crippen LogP contribution in [0.3, 0.4) is 0 Å². The second kappa shape index (κ2) is 7.27. The first-order chi connectivity index (χ1) is 9.49. The van der Waals surface area contributed by atoms with Crippen LogP contribution < -0.4 is 14.8 Å². The fraction of sp³-hybridized carbons (Fsp3) is 0.500. The Morgan fingerprint density at radius 1 is 1.30 bits per heavy atom. The van der Waals surface area contributed by atoms with Gasteiger partial charge in [-0.25, -0.2) is 9.97 Å². The van der Waals surface area contributed by atoms with Crippen molar-refractivity contribution in [2.45, 2.75) is 13.3 Å². The quantitative estimate of drug-likeness (QED) is 0.742. The highest BCUT2D eigenvalue weighted by molar-refractivity contribution is 5.98. The Kier molecular flexibility index (Phi) is 5.70. The van der Waals surface area contributed by atoms with Gasteiger partial charge in [-0.3, -0.25) is 9.59 Å². The third kappa shape index (κ3) is 4.08. The molecule has 20 heavy (non-hydrogen) atoms. The highest BCUT2D eigenvalue weighted by atomic mass is 16.5. The Bertz CT molecular complexity index is 470. The highest BCUT2D eigenvalue weighted by Crippen LogP contribution is 2.23. The van der Waals surface area contributed by atoms with Crippen molar-refractivity contribution in [3.05, 3.63) is 11.9 Å². The van der Waals surface area contributed by atoms with Gasteiger partial charge in [0.25, 0.3) is 5.91 Å². The van der Waals surface area contributed by atoms with Crippen LogP contribution in [0.5, 0.6) is 11.8 Å². The molecule has 1 atom stereocenters. The Morgan fingerprint density at radius 2 is 1.85 bits per heavy atom. The third-order valence-corrected chi connectivity index (χ3v) is 2.53. The molecule has 1 amide bonds. The number of rotatable bonds is 7. The van der Waals surface area contributed by atoms with Crippen molar-refractivity contribution in [2.75, 3.05) is 20.8 Å². The molecule has 0 aliphatic heterocycles. The van der Waals surface area contributed by atoms with Gasteiger partial charge < -0.3 is 19.9 Å². The maximum atomic E-state index is 12.1. The molecule has 1 aromatic rings. The molecule has 0 aliphatic rings. The van der Waals surface area contributed by atoms with Crippen LogP contribution in [0.2, 0.25) is 0 Å². The maximum Gasteiger partial charge on any atom is 0.303 e. The van der Waals surface area contributed by atoms with Crippen LogP contribution >= 0.6 is 0 Å². The predicted molar refractivity (Wildman–Crippen MR) is 68.9 cm³/mol. The maximum absolute atomic E-state index is 12.1. The summed E-state index contributed by atoms with van der Waals surface area (Å²) in [6.07, 6.45) is 1.20. The molecule has 1 aromatic heterocycles. The first-order valence-electron chi connectivity index (χ1n) is 5.92. The molecule has 0 saturated carbocycles. The van der Waals surface area contributed by atoms with E-state index in [0.29, 0.717) is 0 Å². The fourth-order valence-electron chi connectivity index (χ4n) is 1.58. The average Bonchev–Trinajstić information content (AvgIpc) is 2.42. The number of carbonyl (C=O) groups is 2. The molecule has 0 bridgehead atoms. The van der Waals surface area contributed by atoms with E-state index >= 15 is 0 Å². The Labute approximate surface area is 116 Å². The molecule has 8 nitrogen and oxygen atoms in total. The van der Waals surface area contributed by atoms with E-state index in [9.17, 15) is 9.59 Å². The number of aromatic nitrogens is 2. The number of carbonyl (C=O) groups excluding carboxylic acids is 1. The summed E-state index contributed by atoms with van der Waals surface area (Å²) in [6.45, 7) is 1.94. The van der Waals surface area contributed by atoms with E-state index in [1.54, 1.807) is 6.92 Å². The molecule has 1 rings (SSSR count). The number of aliphatic carboxylic acids is 1. The molecular formula is C12H17N3O5. The number of nitrogens with zero attached hydrogens (tertiary/aromatic N) is 2. The molecule has 110 valence electrons. The van der Waals surface area contributed by atoms with Crippen molar-refractivity contribution in [3.63, 3.8) is 0 Å². The summed E-state index contributed by atoms with van der Waals surface area (Å²) in [5, 5.41) is 11.3. The molecule has 2 N–H and O–H groups in total. The largest absolute Gasteiger partial charge is 0.481 e. The van der Waals surface area contributed by atoms with Gasteiger partial charge in [0.15, 0.2) is 5.56 Å². The van der Waals surface area contributed by atoms with Crippen LogP contribution in [0, 0.1) is 5.92 Å². The van der Waals surface area contributed by atoms with Gasteiger partial charge in [0, 0.05) is 13.0 Å². The number of amides is 1. The van der Waals surface area contributed by atoms with E-state index in [0.717, 1.165) is 0 Å². The van der Waals surface area contributed by atoms with E-state index in [-0.39, 0.29) is 36.2 Å². The number of nitrogens with one attached hydrogen (secondary N) is 1. The lowest BCUT2D eigenvalue weighted by Crippen LogP contribution is -2.30. The minimum absolute atomic E-state index is 0.0279. The van der Waals surface area contributed by atoms with Crippen LogP contribution in [0.1, 0.15) is 23.7 Å². The van der Waals surface area contributed by atoms with Gasteiger partial charge in [-0.15, -0.1) is 0 Å². The van der Waals surface area contributed by atoms with Crippen molar-refractivity contribution in [3.8, 4) is 11.8 Å². The lowest BCUT2D eigenvalue weighted by molar-refractivity contribution is -0.137. The van der Waals surface area contributed by atoms with Gasteiger partial charge in [0.1, 0.15) is 6.33 Å². The van der Waals surface area contributed by atoms with Gasteiger partial charge in [0.05, 0.1) is 14.2 Å². The monoisotopic (exact) mass is 283 g/mol. The second-order valence-corrected chi connectivity index (χ2v) is 4.18. The molecule has 0 saturated heterocycles. The molecular weight excluding hydrogens is 266 g/mol. The Hall–Kier alpha value is -2.38. The van der Waals surface area contributed by atoms with Crippen molar-refractivity contribution in [1.82, 2.24) is 15.3 Å². The minimum Gasteiger partial charge on any atom is -0.481 e. The van der Waals surface area contributed by atoms with Crippen LogP contribution in [-0.4, -0.2) is 47.7 Å². The van der Waals surface area contributed by atoms with Crippen LogP contribution in [-0.2, 0) is 4.79 Å². The topological polar surface area (TPSA) is 111 Å². The number of carboxylic acid groups (broad SMARTS) is 1. The van der Waals surface area contributed by atoms with E-state index in [4.69, 9.17) is 14.6 Å². The molecule has 0 aromatic carbocycles. The molecule has 1 heterocycles. The van der Waals surface area contributed by atoms with Crippen LogP contribution in [0.25, 0.3) is 0 Å². The summed E-state index contributed by atoms with van der Waals surface area (Å²) in [5.74, 6) is -1.39. The lowest BCUT2D eigenvalue weighted by Gasteiger charge is -2.13. The van der Waals surface area contributed by atoms with E-state index < -0.39 is 11.9 Å². The van der Waals surface area contributed by atoms with Gasteiger partial charge >= 0.3 is 5.97 Å². The number of hydrogen-bond acceptors (Lipinski definition) is 6.